The van der Waals surface area contributed by atoms with E-state index in [1.807, 2.05) is 13.8 Å². The summed E-state index contributed by atoms with van der Waals surface area (Å²) in [7, 11) is 1.66. The van der Waals surface area contributed by atoms with E-state index in [1.54, 1.807) is 7.11 Å². The fraction of sp³-hybridized carbons (Fsp3) is 0.875. The van der Waals surface area contributed by atoms with Crippen molar-refractivity contribution < 1.29 is 9.53 Å². The first-order chi connectivity index (χ1) is 5.57. The minimum atomic E-state index is -0.278. The smallest absolute Gasteiger partial charge is 0.218 e. The van der Waals surface area contributed by atoms with Crippen LogP contribution in [0.5, 0.6) is 0 Å². The highest BCUT2D eigenvalue weighted by atomic mass is 16.5. The Balaban J connectivity index is 3.43. The second-order valence-corrected chi connectivity index (χ2v) is 2.90. The van der Waals surface area contributed by atoms with Crippen molar-refractivity contribution in [1.82, 2.24) is 5.32 Å². The van der Waals surface area contributed by atoms with Crippen LogP contribution < -0.4 is 11.1 Å². The Morgan fingerprint density at radius 1 is 1.58 bits per heavy atom. The summed E-state index contributed by atoms with van der Waals surface area (Å²) >= 11 is 0. The Morgan fingerprint density at radius 2 is 2.17 bits per heavy atom. The van der Waals surface area contributed by atoms with Gasteiger partial charge in [0.1, 0.15) is 0 Å². The Hall–Kier alpha value is -0.610. The second-order valence-electron chi connectivity index (χ2n) is 2.90. The van der Waals surface area contributed by atoms with Gasteiger partial charge in [0.25, 0.3) is 0 Å². The Morgan fingerprint density at radius 3 is 2.58 bits per heavy atom. The van der Waals surface area contributed by atoms with Crippen LogP contribution in [0.25, 0.3) is 0 Å². The topological polar surface area (TPSA) is 64.3 Å². The zero-order valence-electron chi connectivity index (χ0n) is 7.96. The van der Waals surface area contributed by atoms with Crippen LogP contribution in [0.3, 0.4) is 0 Å². The molecule has 0 bridgehead atoms. The molecule has 0 aromatic carbocycles. The molecule has 0 radical (unpaired) electrons. The van der Waals surface area contributed by atoms with Crippen molar-refractivity contribution in [3.8, 4) is 0 Å². The van der Waals surface area contributed by atoms with Crippen LogP contribution in [-0.2, 0) is 9.53 Å². The summed E-state index contributed by atoms with van der Waals surface area (Å²) in [6.07, 6.45) is 0.527. The van der Waals surface area contributed by atoms with Gasteiger partial charge in [-0.15, -0.1) is 0 Å². The van der Waals surface area contributed by atoms with Gasteiger partial charge < -0.3 is 15.8 Å². The molecule has 1 amide bonds. The summed E-state index contributed by atoms with van der Waals surface area (Å²) in [5.41, 5.74) is 4.98. The lowest BCUT2D eigenvalue weighted by Gasteiger charge is -2.19. The summed E-state index contributed by atoms with van der Waals surface area (Å²) in [5, 5.41) is 3.14. The number of nitrogens with two attached hydrogens (primary N) is 1. The first-order valence-electron chi connectivity index (χ1n) is 4.12. The van der Waals surface area contributed by atoms with Gasteiger partial charge in [0.15, 0.2) is 0 Å². The fourth-order valence-corrected chi connectivity index (χ4v) is 0.793. The lowest BCUT2D eigenvalue weighted by molar-refractivity contribution is -0.117. The van der Waals surface area contributed by atoms with Gasteiger partial charge in [-0.2, -0.15) is 0 Å². The molecule has 0 saturated carbocycles. The van der Waals surface area contributed by atoms with Crippen molar-refractivity contribution >= 4 is 5.91 Å². The minimum Gasteiger partial charge on any atom is -0.380 e. The predicted octanol–water partition coefficient (Wildman–Crippen LogP) is -0.125. The molecule has 3 N–H and O–H groups in total. The van der Waals surface area contributed by atoms with Gasteiger partial charge in [-0.1, -0.05) is 0 Å². The molecule has 0 aliphatic carbocycles. The van der Waals surface area contributed by atoms with Gasteiger partial charge in [-0.05, 0) is 13.8 Å². The number of carbonyl (C=O) groups is 1. The second kappa shape index (κ2) is 5.97. The van der Waals surface area contributed by atoms with Crippen molar-refractivity contribution in [2.75, 3.05) is 13.7 Å². The van der Waals surface area contributed by atoms with Gasteiger partial charge in [0, 0.05) is 26.1 Å². The third-order valence-electron chi connectivity index (χ3n) is 1.91. The fourth-order valence-electron chi connectivity index (χ4n) is 0.793. The molecule has 4 heteroatoms. The quantitative estimate of drug-likeness (QED) is 0.590. The van der Waals surface area contributed by atoms with Crippen LogP contribution in [0.4, 0.5) is 0 Å². The molecule has 2 atom stereocenters. The van der Waals surface area contributed by atoms with E-state index in [1.165, 1.54) is 0 Å². The number of nitrogens with one attached hydrogen (secondary N) is 1. The molecule has 72 valence electrons. The first kappa shape index (κ1) is 11.4. The number of rotatable bonds is 6. The van der Waals surface area contributed by atoms with E-state index >= 15 is 0 Å². The van der Waals surface area contributed by atoms with E-state index in [0.29, 0.717) is 13.0 Å². The third-order valence-corrected chi connectivity index (χ3v) is 1.91. The maximum absolute atomic E-state index is 10.4. The summed E-state index contributed by atoms with van der Waals surface area (Å²) in [5.74, 6) is -0.278. The van der Waals surface area contributed by atoms with E-state index in [9.17, 15) is 4.79 Å². The molecule has 0 aromatic rings. The first-order valence-corrected chi connectivity index (χ1v) is 4.12. The van der Waals surface area contributed by atoms with Gasteiger partial charge in [0.05, 0.1) is 6.10 Å². The molecular weight excluding hydrogens is 156 g/mol. The largest absolute Gasteiger partial charge is 0.380 e. The minimum absolute atomic E-state index is 0.151. The zero-order valence-corrected chi connectivity index (χ0v) is 7.96. The van der Waals surface area contributed by atoms with Crippen LogP contribution in [-0.4, -0.2) is 31.7 Å². The Bertz CT molecular complexity index is 139. The van der Waals surface area contributed by atoms with Crippen molar-refractivity contribution in [2.24, 2.45) is 5.73 Å². The summed E-state index contributed by atoms with van der Waals surface area (Å²) in [6, 6.07) is 0.245. The lowest BCUT2D eigenvalue weighted by Crippen LogP contribution is -2.38. The zero-order chi connectivity index (χ0) is 9.56. The number of primary amides is 1. The predicted molar refractivity (Wildman–Crippen MR) is 47.7 cm³/mol. The van der Waals surface area contributed by atoms with Crippen LogP contribution in [0.15, 0.2) is 0 Å². The van der Waals surface area contributed by atoms with Crippen molar-refractivity contribution in [3.63, 3.8) is 0 Å². The van der Waals surface area contributed by atoms with E-state index in [4.69, 9.17) is 10.5 Å². The summed E-state index contributed by atoms with van der Waals surface area (Å²) in [4.78, 5) is 10.4. The molecule has 0 spiro atoms. The van der Waals surface area contributed by atoms with Crippen molar-refractivity contribution in [2.45, 2.75) is 32.4 Å². The number of ether oxygens (including phenoxy) is 1. The SMILES string of the molecule is COC(C)C(C)NCCC(N)=O. The standard InChI is InChI=1S/C8H18N2O2/c1-6(7(2)12-3)10-5-4-8(9)11/h6-7,10H,4-5H2,1-3H3,(H2,9,11). The molecule has 0 saturated heterocycles. The van der Waals surface area contributed by atoms with E-state index in [-0.39, 0.29) is 18.1 Å². The molecule has 0 rings (SSSR count). The van der Waals surface area contributed by atoms with Gasteiger partial charge in [-0.3, -0.25) is 4.79 Å². The summed E-state index contributed by atoms with van der Waals surface area (Å²) in [6.45, 7) is 4.60. The van der Waals surface area contributed by atoms with E-state index in [2.05, 4.69) is 5.32 Å². The highest BCUT2D eigenvalue weighted by Crippen LogP contribution is 1.95. The number of carbonyl (C=O) groups excluding carboxylic acids is 1. The normalized spacial score (nSPS) is 15.6. The number of methoxy groups -OCH3 is 1. The van der Waals surface area contributed by atoms with Gasteiger partial charge in [-0.25, -0.2) is 0 Å². The number of amides is 1. The molecule has 0 heterocycles. The van der Waals surface area contributed by atoms with Crippen molar-refractivity contribution in [3.05, 3.63) is 0 Å². The van der Waals surface area contributed by atoms with E-state index in [0.717, 1.165) is 0 Å². The molecule has 12 heavy (non-hydrogen) atoms. The van der Waals surface area contributed by atoms with Crippen LogP contribution in [0.1, 0.15) is 20.3 Å². The van der Waals surface area contributed by atoms with Crippen LogP contribution in [0.2, 0.25) is 0 Å². The molecule has 4 nitrogen and oxygen atoms in total. The number of hydrogen-bond donors (Lipinski definition) is 2. The van der Waals surface area contributed by atoms with Crippen LogP contribution >= 0.6 is 0 Å². The van der Waals surface area contributed by atoms with Gasteiger partial charge in [0.2, 0.25) is 5.91 Å². The monoisotopic (exact) mass is 174 g/mol. The summed E-state index contributed by atoms with van der Waals surface area (Å²) < 4.78 is 5.09. The third kappa shape index (κ3) is 5.09. The highest BCUT2D eigenvalue weighted by Gasteiger charge is 2.09. The average molecular weight is 174 g/mol. The Kier molecular flexibility index (Phi) is 5.66. The average Bonchev–Trinajstić information content (AvgIpc) is 2.02. The van der Waals surface area contributed by atoms with Crippen molar-refractivity contribution in [1.29, 1.82) is 0 Å². The maximum Gasteiger partial charge on any atom is 0.218 e. The highest BCUT2D eigenvalue weighted by molar-refractivity contribution is 5.73. The number of hydrogen-bond acceptors (Lipinski definition) is 3. The molecular formula is C8H18N2O2. The molecule has 0 aromatic heterocycles. The van der Waals surface area contributed by atoms with E-state index < -0.39 is 0 Å². The molecule has 2 unspecified atom stereocenters. The molecule has 0 aliphatic rings. The maximum atomic E-state index is 10.4. The molecule has 0 aliphatic heterocycles. The van der Waals surface area contributed by atoms with Gasteiger partial charge >= 0.3 is 0 Å². The van der Waals surface area contributed by atoms with Crippen LogP contribution in [0, 0.1) is 0 Å². The lowest BCUT2D eigenvalue weighted by atomic mass is 10.2. The molecule has 0 fully saturated rings. The Labute approximate surface area is 73.5 Å².